The van der Waals surface area contributed by atoms with Gasteiger partial charge in [-0.1, -0.05) is 21.7 Å². The average molecular weight is 477 g/mol. The number of thiazole rings is 1. The summed E-state index contributed by atoms with van der Waals surface area (Å²) in [5.41, 5.74) is 2.09. The summed E-state index contributed by atoms with van der Waals surface area (Å²) in [6.45, 7) is 1.77. The molecule has 9 nitrogen and oxygen atoms in total. The zero-order valence-corrected chi connectivity index (χ0v) is 18.7. The van der Waals surface area contributed by atoms with E-state index < -0.39 is 5.91 Å². The second-order valence-electron chi connectivity index (χ2n) is 7.12. The molecule has 0 bridgehead atoms. The van der Waals surface area contributed by atoms with Gasteiger partial charge in [0, 0.05) is 17.2 Å². The Morgan fingerprint density at radius 1 is 1.00 bits per heavy atom. The third-order valence-electron chi connectivity index (χ3n) is 4.86. The number of benzene rings is 2. The van der Waals surface area contributed by atoms with Crippen LogP contribution in [0, 0.1) is 12.7 Å². The van der Waals surface area contributed by atoms with Crippen molar-refractivity contribution in [3.63, 3.8) is 0 Å². The van der Waals surface area contributed by atoms with Gasteiger partial charge in [0.2, 0.25) is 5.82 Å². The highest BCUT2D eigenvalue weighted by Crippen LogP contribution is 2.33. The van der Waals surface area contributed by atoms with Gasteiger partial charge in [-0.3, -0.25) is 10.1 Å². The topological polar surface area (TPSA) is 116 Å². The van der Waals surface area contributed by atoms with Crippen LogP contribution in [0.2, 0.25) is 0 Å². The van der Waals surface area contributed by atoms with E-state index in [-0.39, 0.29) is 17.4 Å². The first-order valence-corrected chi connectivity index (χ1v) is 10.8. The first-order chi connectivity index (χ1) is 16.5. The maximum atomic E-state index is 13.2. The summed E-state index contributed by atoms with van der Waals surface area (Å²) in [5, 5.41) is 10.9. The van der Waals surface area contributed by atoms with E-state index in [0.717, 1.165) is 5.56 Å². The Morgan fingerprint density at radius 2 is 1.74 bits per heavy atom. The summed E-state index contributed by atoms with van der Waals surface area (Å²) < 4.78 is 29.0. The predicted molar refractivity (Wildman–Crippen MR) is 122 cm³/mol. The van der Waals surface area contributed by atoms with E-state index >= 15 is 0 Å². The minimum atomic E-state index is -0.471. The van der Waals surface area contributed by atoms with E-state index in [1.807, 2.05) is 12.1 Å². The van der Waals surface area contributed by atoms with Gasteiger partial charge >= 0.3 is 0 Å². The molecule has 3 aromatic heterocycles. The summed E-state index contributed by atoms with van der Waals surface area (Å²) in [4.78, 5) is 22.0. The second kappa shape index (κ2) is 8.87. The summed E-state index contributed by atoms with van der Waals surface area (Å²) >= 11 is 1.18. The van der Waals surface area contributed by atoms with Crippen LogP contribution < -0.4 is 10.1 Å². The quantitative estimate of drug-likeness (QED) is 0.354. The molecule has 0 saturated carbocycles. The Hall–Kier alpha value is -4.38. The van der Waals surface area contributed by atoms with Gasteiger partial charge in [-0.15, -0.1) is 0 Å². The lowest BCUT2D eigenvalue weighted by Gasteiger charge is -1.99. The number of aryl methyl sites for hydroxylation is 1. The van der Waals surface area contributed by atoms with Crippen LogP contribution in [0.1, 0.15) is 16.2 Å². The highest BCUT2D eigenvalue weighted by molar-refractivity contribution is 7.19. The fraction of sp³-hybridized carbons (Fsp3) is 0.0870. The van der Waals surface area contributed by atoms with E-state index in [9.17, 15) is 9.18 Å². The number of hydrogen-bond acceptors (Lipinski definition) is 9. The number of anilines is 1. The molecule has 3 heterocycles. The Kier molecular flexibility index (Phi) is 5.60. The van der Waals surface area contributed by atoms with Gasteiger partial charge in [0.25, 0.3) is 11.8 Å². The summed E-state index contributed by atoms with van der Waals surface area (Å²) in [7, 11) is 1.58. The molecule has 1 N–H and O–H groups in total. The standard InChI is InChI=1S/C23H16FN5O4S/c1-12-19(22-26-20(29-33-22)14-3-7-15(24)8-4-14)34-23(25-12)27-21(30)17-11-18(32-28-17)13-5-9-16(31-2)10-6-13/h3-11H,1-2H3,(H,25,27,30). The Morgan fingerprint density at radius 3 is 2.47 bits per heavy atom. The number of amides is 1. The Labute approximate surface area is 196 Å². The Balaban J connectivity index is 1.31. The van der Waals surface area contributed by atoms with Crippen molar-refractivity contribution in [3.05, 3.63) is 71.8 Å². The van der Waals surface area contributed by atoms with Gasteiger partial charge in [0.15, 0.2) is 16.6 Å². The summed E-state index contributed by atoms with van der Waals surface area (Å²) in [6, 6.07) is 14.5. The van der Waals surface area contributed by atoms with E-state index in [2.05, 4.69) is 25.6 Å². The van der Waals surface area contributed by atoms with Gasteiger partial charge in [0.1, 0.15) is 16.4 Å². The number of nitrogens with zero attached hydrogens (tertiary/aromatic N) is 4. The fourth-order valence-corrected chi connectivity index (χ4v) is 4.00. The molecule has 0 spiro atoms. The van der Waals surface area contributed by atoms with Crippen LogP contribution in [0.5, 0.6) is 5.75 Å². The summed E-state index contributed by atoms with van der Waals surface area (Å²) in [6.07, 6.45) is 0. The lowest BCUT2D eigenvalue weighted by Crippen LogP contribution is -2.11. The van der Waals surface area contributed by atoms with Crippen molar-refractivity contribution >= 4 is 22.4 Å². The lowest BCUT2D eigenvalue weighted by atomic mass is 10.1. The largest absolute Gasteiger partial charge is 0.497 e. The van der Waals surface area contributed by atoms with Crippen molar-refractivity contribution in [2.45, 2.75) is 6.92 Å². The molecule has 0 radical (unpaired) electrons. The number of carbonyl (C=O) groups is 1. The highest BCUT2D eigenvalue weighted by Gasteiger charge is 2.20. The van der Waals surface area contributed by atoms with Gasteiger partial charge in [0.05, 0.1) is 12.8 Å². The number of methoxy groups -OCH3 is 1. The zero-order chi connectivity index (χ0) is 23.7. The number of halogens is 1. The molecule has 170 valence electrons. The van der Waals surface area contributed by atoms with Crippen molar-refractivity contribution in [1.82, 2.24) is 20.3 Å². The smallest absolute Gasteiger partial charge is 0.279 e. The molecule has 0 saturated heterocycles. The first kappa shape index (κ1) is 21.5. The monoisotopic (exact) mass is 477 g/mol. The summed E-state index contributed by atoms with van der Waals surface area (Å²) in [5.74, 6) is 0.904. The third kappa shape index (κ3) is 4.28. The van der Waals surface area contributed by atoms with Crippen LogP contribution in [0.25, 0.3) is 33.5 Å². The number of nitrogens with one attached hydrogen (secondary N) is 1. The van der Waals surface area contributed by atoms with E-state index in [1.165, 1.54) is 23.5 Å². The van der Waals surface area contributed by atoms with Crippen molar-refractivity contribution in [2.24, 2.45) is 0 Å². The SMILES string of the molecule is COc1ccc(-c2cc(C(=O)Nc3nc(C)c(-c4nc(-c5ccc(F)cc5)no4)s3)no2)cc1. The molecule has 2 aromatic carbocycles. The molecule has 0 aliphatic rings. The zero-order valence-electron chi connectivity index (χ0n) is 17.9. The molecule has 5 aromatic rings. The minimum absolute atomic E-state index is 0.108. The van der Waals surface area contributed by atoms with E-state index in [1.54, 1.807) is 44.4 Å². The molecule has 5 rings (SSSR count). The van der Waals surface area contributed by atoms with Crippen LogP contribution in [0.4, 0.5) is 9.52 Å². The normalized spacial score (nSPS) is 10.9. The predicted octanol–water partition coefficient (Wildman–Crippen LogP) is 5.22. The molecule has 0 fully saturated rings. The van der Waals surface area contributed by atoms with E-state index in [4.69, 9.17) is 13.8 Å². The average Bonchev–Trinajstić information content (AvgIpc) is 3.60. The molecule has 34 heavy (non-hydrogen) atoms. The number of ether oxygens (including phenoxy) is 1. The molecular weight excluding hydrogens is 461 g/mol. The Bertz CT molecular complexity index is 1460. The number of aromatic nitrogens is 4. The molecule has 1 amide bonds. The second-order valence-corrected chi connectivity index (χ2v) is 8.12. The molecule has 0 unspecified atom stereocenters. The fourth-order valence-electron chi connectivity index (χ4n) is 3.11. The van der Waals surface area contributed by atoms with Gasteiger partial charge in [-0.2, -0.15) is 4.98 Å². The van der Waals surface area contributed by atoms with Gasteiger partial charge < -0.3 is 13.8 Å². The number of carbonyl (C=O) groups excluding carboxylic acids is 1. The molecular formula is C23H16FN5O4S. The van der Waals surface area contributed by atoms with Crippen molar-refractivity contribution < 1.29 is 23.0 Å². The van der Waals surface area contributed by atoms with Crippen molar-refractivity contribution in [2.75, 3.05) is 12.4 Å². The molecule has 11 heteroatoms. The van der Waals surface area contributed by atoms with Crippen LogP contribution in [-0.4, -0.2) is 33.3 Å². The van der Waals surface area contributed by atoms with Crippen LogP contribution in [0.3, 0.4) is 0 Å². The van der Waals surface area contributed by atoms with E-state index in [0.29, 0.717) is 38.6 Å². The maximum Gasteiger partial charge on any atom is 0.279 e. The maximum absolute atomic E-state index is 13.2. The van der Waals surface area contributed by atoms with Gasteiger partial charge in [-0.25, -0.2) is 9.37 Å². The molecule has 0 atom stereocenters. The first-order valence-electron chi connectivity index (χ1n) is 10.00. The molecule has 0 aliphatic heterocycles. The lowest BCUT2D eigenvalue weighted by molar-refractivity contribution is 0.101. The van der Waals surface area contributed by atoms with Gasteiger partial charge in [-0.05, 0) is 55.5 Å². The minimum Gasteiger partial charge on any atom is -0.497 e. The van der Waals surface area contributed by atoms with Crippen LogP contribution >= 0.6 is 11.3 Å². The third-order valence-corrected chi connectivity index (χ3v) is 5.92. The number of hydrogen-bond donors (Lipinski definition) is 1. The van der Waals surface area contributed by atoms with Crippen molar-refractivity contribution in [1.29, 1.82) is 0 Å². The van der Waals surface area contributed by atoms with Crippen LogP contribution in [-0.2, 0) is 0 Å². The highest BCUT2D eigenvalue weighted by atomic mass is 32.1. The number of rotatable bonds is 6. The van der Waals surface area contributed by atoms with Crippen molar-refractivity contribution in [3.8, 4) is 39.2 Å². The van der Waals surface area contributed by atoms with Crippen LogP contribution in [0.15, 0.2) is 63.6 Å². The molecule has 0 aliphatic carbocycles.